The number of imide groups is 1. The van der Waals surface area contributed by atoms with Crippen molar-refractivity contribution in [3.05, 3.63) is 35.4 Å². The fourth-order valence-corrected chi connectivity index (χ4v) is 2.44. The molecule has 1 saturated heterocycles. The average Bonchev–Trinajstić information content (AvgIpc) is 2.76. The van der Waals surface area contributed by atoms with Crippen LogP contribution >= 0.6 is 0 Å². The van der Waals surface area contributed by atoms with Crippen LogP contribution in [0.2, 0.25) is 0 Å². The summed E-state index contributed by atoms with van der Waals surface area (Å²) in [4.78, 5) is 36.3. The average molecular weight is 397 g/mol. The van der Waals surface area contributed by atoms with Gasteiger partial charge in [0.1, 0.15) is 18.6 Å². The SMILES string of the molecule is C[C@@]1(c2cccc(C(F)(F)F)c2)NC(=O)N(CC(=O)NCC(F)(F)F)C1=O. The first-order valence-corrected chi connectivity index (χ1v) is 7.39. The molecule has 0 aromatic heterocycles. The lowest BCUT2D eigenvalue weighted by Gasteiger charge is -2.23. The predicted molar refractivity (Wildman–Crippen MR) is 78.1 cm³/mol. The monoisotopic (exact) mass is 397 g/mol. The van der Waals surface area contributed by atoms with Crippen molar-refractivity contribution < 1.29 is 40.7 Å². The first-order valence-electron chi connectivity index (χ1n) is 7.39. The molecule has 12 heteroatoms. The molecular weight excluding hydrogens is 384 g/mol. The first kappa shape index (κ1) is 20.5. The van der Waals surface area contributed by atoms with Gasteiger partial charge in [0.15, 0.2) is 0 Å². The standard InChI is InChI=1S/C15H13F6N3O3/c1-13(8-3-2-4-9(5-8)15(19,20)21)11(26)24(12(27)23-13)6-10(25)22-7-14(16,17)18/h2-5H,6-7H2,1H3,(H,22,25)(H,23,27)/t13-/m0/s1. The van der Waals surface area contributed by atoms with E-state index in [2.05, 4.69) is 5.32 Å². The summed E-state index contributed by atoms with van der Waals surface area (Å²) in [5.74, 6) is -2.31. The Hall–Kier alpha value is -2.79. The second-order valence-corrected chi connectivity index (χ2v) is 5.92. The summed E-state index contributed by atoms with van der Waals surface area (Å²) < 4.78 is 74.9. The van der Waals surface area contributed by atoms with Gasteiger partial charge in [-0.3, -0.25) is 14.5 Å². The number of rotatable bonds is 4. The van der Waals surface area contributed by atoms with Gasteiger partial charge in [0, 0.05) is 0 Å². The highest BCUT2D eigenvalue weighted by molar-refractivity contribution is 6.09. The largest absolute Gasteiger partial charge is 0.416 e. The number of carbonyl (C=O) groups excluding carboxylic acids is 3. The molecule has 0 radical (unpaired) electrons. The Morgan fingerprint density at radius 2 is 1.81 bits per heavy atom. The minimum Gasteiger partial charge on any atom is -0.345 e. The van der Waals surface area contributed by atoms with Gasteiger partial charge in [-0.05, 0) is 24.6 Å². The number of carbonyl (C=O) groups is 3. The molecule has 1 fully saturated rings. The Bertz CT molecular complexity index is 777. The Morgan fingerprint density at radius 1 is 1.19 bits per heavy atom. The summed E-state index contributed by atoms with van der Waals surface area (Å²) in [5.41, 5.74) is -3.14. The zero-order valence-corrected chi connectivity index (χ0v) is 13.7. The highest BCUT2D eigenvalue weighted by Gasteiger charge is 2.50. The quantitative estimate of drug-likeness (QED) is 0.604. The van der Waals surface area contributed by atoms with Crippen molar-refractivity contribution in [1.82, 2.24) is 15.5 Å². The third-order valence-corrected chi connectivity index (χ3v) is 3.83. The molecule has 1 heterocycles. The van der Waals surface area contributed by atoms with Crippen molar-refractivity contribution in [1.29, 1.82) is 0 Å². The van der Waals surface area contributed by atoms with Gasteiger partial charge < -0.3 is 10.6 Å². The van der Waals surface area contributed by atoms with Gasteiger partial charge in [-0.2, -0.15) is 26.3 Å². The third-order valence-electron chi connectivity index (χ3n) is 3.83. The molecule has 2 N–H and O–H groups in total. The normalized spacial score (nSPS) is 20.6. The van der Waals surface area contributed by atoms with E-state index in [-0.39, 0.29) is 5.56 Å². The van der Waals surface area contributed by atoms with E-state index in [4.69, 9.17) is 0 Å². The maximum absolute atomic E-state index is 12.9. The highest BCUT2D eigenvalue weighted by atomic mass is 19.4. The minimum absolute atomic E-state index is 0.186. The number of halogens is 6. The van der Waals surface area contributed by atoms with Crippen LogP contribution in [-0.2, 0) is 21.3 Å². The van der Waals surface area contributed by atoms with Crippen LogP contribution in [0.4, 0.5) is 31.1 Å². The smallest absolute Gasteiger partial charge is 0.345 e. The Kier molecular flexibility index (Phi) is 5.12. The fraction of sp³-hybridized carbons (Fsp3) is 0.400. The Labute approximate surface area is 148 Å². The number of benzene rings is 1. The molecule has 2 rings (SSSR count). The lowest BCUT2D eigenvalue weighted by molar-refractivity contribution is -0.141. The number of urea groups is 1. The van der Waals surface area contributed by atoms with E-state index in [1.807, 2.05) is 0 Å². The van der Waals surface area contributed by atoms with Crippen molar-refractivity contribution >= 4 is 17.8 Å². The lowest BCUT2D eigenvalue weighted by Crippen LogP contribution is -2.44. The Balaban J connectivity index is 2.20. The third kappa shape index (κ3) is 4.49. The van der Waals surface area contributed by atoms with E-state index in [1.54, 1.807) is 0 Å². The second-order valence-electron chi connectivity index (χ2n) is 5.92. The van der Waals surface area contributed by atoms with E-state index >= 15 is 0 Å². The van der Waals surface area contributed by atoms with Gasteiger partial charge in [-0.25, -0.2) is 4.79 Å². The first-order chi connectivity index (χ1) is 12.2. The molecule has 0 spiro atoms. The minimum atomic E-state index is -4.69. The van der Waals surface area contributed by atoms with E-state index in [0.717, 1.165) is 19.1 Å². The molecule has 0 unspecified atom stereocenters. The number of hydrogen-bond acceptors (Lipinski definition) is 3. The maximum atomic E-state index is 12.9. The number of amides is 4. The van der Waals surface area contributed by atoms with E-state index < -0.39 is 54.4 Å². The van der Waals surface area contributed by atoms with E-state index in [9.17, 15) is 40.7 Å². The van der Waals surface area contributed by atoms with Gasteiger partial charge in [0.05, 0.1) is 5.56 Å². The van der Waals surface area contributed by atoms with Crippen LogP contribution in [0.5, 0.6) is 0 Å². The molecule has 4 amide bonds. The molecule has 1 atom stereocenters. The van der Waals surface area contributed by atoms with Gasteiger partial charge in [-0.1, -0.05) is 12.1 Å². The molecule has 1 aliphatic rings. The van der Waals surface area contributed by atoms with Crippen molar-refractivity contribution in [2.75, 3.05) is 13.1 Å². The second kappa shape index (κ2) is 6.74. The summed E-state index contributed by atoms with van der Waals surface area (Å²) in [6.07, 6.45) is -9.37. The zero-order valence-electron chi connectivity index (χ0n) is 13.7. The fourth-order valence-electron chi connectivity index (χ4n) is 2.44. The van der Waals surface area contributed by atoms with Crippen LogP contribution in [0, 0.1) is 0 Å². The summed E-state index contributed by atoms with van der Waals surface area (Å²) in [5, 5.41) is 3.67. The highest BCUT2D eigenvalue weighted by Crippen LogP contribution is 2.34. The molecular formula is C15H13F6N3O3. The van der Waals surface area contributed by atoms with Crippen molar-refractivity contribution in [3.8, 4) is 0 Å². The van der Waals surface area contributed by atoms with Crippen LogP contribution in [0.15, 0.2) is 24.3 Å². The lowest BCUT2D eigenvalue weighted by atomic mass is 9.90. The van der Waals surface area contributed by atoms with Crippen LogP contribution in [0.25, 0.3) is 0 Å². The van der Waals surface area contributed by atoms with E-state index in [0.29, 0.717) is 11.0 Å². The van der Waals surface area contributed by atoms with Crippen molar-refractivity contribution in [3.63, 3.8) is 0 Å². The van der Waals surface area contributed by atoms with Crippen LogP contribution in [0.1, 0.15) is 18.1 Å². The predicted octanol–water partition coefficient (Wildman–Crippen LogP) is 2.15. The Morgan fingerprint density at radius 3 is 2.37 bits per heavy atom. The number of alkyl halides is 6. The summed E-state index contributed by atoms with van der Waals surface area (Å²) in [6, 6.07) is 2.56. The molecule has 0 saturated carbocycles. The van der Waals surface area contributed by atoms with E-state index in [1.165, 1.54) is 11.4 Å². The molecule has 1 aromatic carbocycles. The maximum Gasteiger partial charge on any atom is 0.416 e. The molecule has 148 valence electrons. The summed E-state index contributed by atoms with van der Waals surface area (Å²) in [6.45, 7) is -1.52. The van der Waals surface area contributed by atoms with Crippen molar-refractivity contribution in [2.24, 2.45) is 0 Å². The van der Waals surface area contributed by atoms with Gasteiger partial charge in [-0.15, -0.1) is 0 Å². The van der Waals surface area contributed by atoms with Gasteiger partial charge in [0.25, 0.3) is 5.91 Å². The van der Waals surface area contributed by atoms with Gasteiger partial charge in [0.2, 0.25) is 5.91 Å². The van der Waals surface area contributed by atoms with Crippen LogP contribution < -0.4 is 10.6 Å². The molecule has 6 nitrogen and oxygen atoms in total. The molecule has 0 aliphatic carbocycles. The topological polar surface area (TPSA) is 78.5 Å². The molecule has 0 bridgehead atoms. The van der Waals surface area contributed by atoms with Crippen LogP contribution in [-0.4, -0.2) is 42.0 Å². The molecule has 1 aromatic rings. The summed E-state index contributed by atoms with van der Waals surface area (Å²) >= 11 is 0. The number of nitrogens with zero attached hydrogens (tertiary/aromatic N) is 1. The zero-order chi connectivity index (χ0) is 20.6. The summed E-state index contributed by atoms with van der Waals surface area (Å²) in [7, 11) is 0. The molecule has 27 heavy (non-hydrogen) atoms. The van der Waals surface area contributed by atoms with Crippen LogP contribution in [0.3, 0.4) is 0 Å². The number of nitrogens with one attached hydrogen (secondary N) is 2. The number of hydrogen-bond donors (Lipinski definition) is 2. The molecule has 1 aliphatic heterocycles. The van der Waals surface area contributed by atoms with Crippen molar-refractivity contribution in [2.45, 2.75) is 24.8 Å². The van der Waals surface area contributed by atoms with Gasteiger partial charge >= 0.3 is 18.4 Å².